The summed E-state index contributed by atoms with van der Waals surface area (Å²) in [5, 5.41) is 13.7. The molecule has 164 valence electrons. The SMILES string of the molecule is CN=C(NCC(c1ccco1)N1CCCC1)N1CCN(c2ccccc2O)CC1.I. The Hall–Kier alpha value is -1.94. The van der Waals surface area contributed by atoms with Crippen LogP contribution in [0.1, 0.15) is 24.6 Å². The van der Waals surface area contributed by atoms with Crippen LogP contribution in [-0.4, -0.2) is 73.7 Å². The number of aliphatic imine (C=N–C) groups is 1. The summed E-state index contributed by atoms with van der Waals surface area (Å²) < 4.78 is 5.73. The minimum Gasteiger partial charge on any atom is -0.506 e. The highest BCUT2D eigenvalue weighted by Gasteiger charge is 2.27. The van der Waals surface area contributed by atoms with Crippen molar-refractivity contribution in [3.63, 3.8) is 0 Å². The van der Waals surface area contributed by atoms with E-state index in [2.05, 4.69) is 31.1 Å². The highest BCUT2D eigenvalue weighted by molar-refractivity contribution is 14.0. The van der Waals surface area contributed by atoms with Gasteiger partial charge in [-0.2, -0.15) is 0 Å². The van der Waals surface area contributed by atoms with Crippen molar-refractivity contribution in [3.05, 3.63) is 48.4 Å². The van der Waals surface area contributed by atoms with E-state index in [0.29, 0.717) is 5.75 Å². The van der Waals surface area contributed by atoms with Crippen LogP contribution in [0, 0.1) is 0 Å². The molecule has 0 aliphatic carbocycles. The van der Waals surface area contributed by atoms with Crippen LogP contribution < -0.4 is 10.2 Å². The van der Waals surface area contributed by atoms with Gasteiger partial charge in [0.1, 0.15) is 11.5 Å². The summed E-state index contributed by atoms with van der Waals surface area (Å²) in [4.78, 5) is 11.5. The van der Waals surface area contributed by atoms with Gasteiger partial charge in [0.15, 0.2) is 5.96 Å². The Morgan fingerprint density at radius 1 is 1.07 bits per heavy atom. The minimum atomic E-state index is 0. The molecule has 0 saturated carbocycles. The van der Waals surface area contributed by atoms with Gasteiger partial charge in [-0.25, -0.2) is 0 Å². The van der Waals surface area contributed by atoms with Crippen molar-refractivity contribution in [3.8, 4) is 5.75 Å². The topological polar surface area (TPSA) is 67.5 Å². The van der Waals surface area contributed by atoms with Crippen LogP contribution in [-0.2, 0) is 0 Å². The van der Waals surface area contributed by atoms with E-state index >= 15 is 0 Å². The van der Waals surface area contributed by atoms with Gasteiger partial charge in [0.2, 0.25) is 0 Å². The molecular formula is C22H32IN5O2. The molecule has 30 heavy (non-hydrogen) atoms. The maximum atomic E-state index is 10.1. The van der Waals surface area contributed by atoms with E-state index in [9.17, 15) is 5.11 Å². The lowest BCUT2D eigenvalue weighted by Crippen LogP contribution is -2.53. The summed E-state index contributed by atoms with van der Waals surface area (Å²) in [7, 11) is 1.84. The number of phenolic OH excluding ortho intramolecular Hbond substituents is 1. The zero-order valence-electron chi connectivity index (χ0n) is 17.5. The van der Waals surface area contributed by atoms with E-state index in [4.69, 9.17) is 4.42 Å². The fraction of sp³-hybridized carbons (Fsp3) is 0.500. The van der Waals surface area contributed by atoms with Gasteiger partial charge < -0.3 is 24.6 Å². The second-order valence-electron chi connectivity index (χ2n) is 7.67. The molecule has 0 amide bonds. The number of nitrogens with zero attached hydrogens (tertiary/aromatic N) is 4. The van der Waals surface area contributed by atoms with Crippen molar-refractivity contribution in [2.45, 2.75) is 18.9 Å². The first-order valence-corrected chi connectivity index (χ1v) is 10.5. The molecule has 1 aromatic carbocycles. The summed E-state index contributed by atoms with van der Waals surface area (Å²) in [6.07, 6.45) is 4.26. The molecule has 8 heteroatoms. The Kier molecular flexibility index (Phi) is 8.26. The van der Waals surface area contributed by atoms with Gasteiger partial charge in [0.25, 0.3) is 0 Å². The van der Waals surface area contributed by atoms with Crippen molar-refractivity contribution >= 4 is 35.6 Å². The Morgan fingerprint density at radius 2 is 1.80 bits per heavy atom. The number of halogens is 1. The molecular weight excluding hydrogens is 493 g/mol. The van der Waals surface area contributed by atoms with Crippen LogP contribution in [0.15, 0.2) is 52.1 Å². The number of hydrogen-bond donors (Lipinski definition) is 2. The minimum absolute atomic E-state index is 0. The molecule has 1 unspecified atom stereocenters. The van der Waals surface area contributed by atoms with Crippen LogP contribution >= 0.6 is 24.0 Å². The number of aromatic hydroxyl groups is 1. The van der Waals surface area contributed by atoms with E-state index in [1.54, 1.807) is 12.3 Å². The fourth-order valence-corrected chi connectivity index (χ4v) is 4.35. The summed E-state index contributed by atoms with van der Waals surface area (Å²) in [6.45, 7) is 6.44. The molecule has 4 rings (SSSR count). The number of furan rings is 1. The van der Waals surface area contributed by atoms with Crippen molar-refractivity contribution < 1.29 is 9.52 Å². The molecule has 2 saturated heterocycles. The highest BCUT2D eigenvalue weighted by Crippen LogP contribution is 2.27. The zero-order valence-corrected chi connectivity index (χ0v) is 19.9. The van der Waals surface area contributed by atoms with Crippen molar-refractivity contribution in [2.24, 2.45) is 4.99 Å². The number of anilines is 1. The van der Waals surface area contributed by atoms with Gasteiger partial charge >= 0.3 is 0 Å². The Labute approximate surface area is 195 Å². The summed E-state index contributed by atoms with van der Waals surface area (Å²) >= 11 is 0. The van der Waals surface area contributed by atoms with E-state index in [1.165, 1.54) is 12.8 Å². The maximum absolute atomic E-state index is 10.1. The third-order valence-electron chi connectivity index (χ3n) is 5.92. The molecule has 7 nitrogen and oxygen atoms in total. The predicted molar refractivity (Wildman–Crippen MR) is 131 cm³/mol. The lowest BCUT2D eigenvalue weighted by atomic mass is 10.2. The Morgan fingerprint density at radius 3 is 2.43 bits per heavy atom. The highest BCUT2D eigenvalue weighted by atomic mass is 127. The third kappa shape index (κ3) is 5.21. The summed E-state index contributed by atoms with van der Waals surface area (Å²) in [6, 6.07) is 11.8. The Balaban J connectivity index is 0.00000256. The number of piperazine rings is 1. The number of benzene rings is 1. The van der Waals surface area contributed by atoms with Gasteiger partial charge in [0.05, 0.1) is 18.0 Å². The predicted octanol–water partition coefficient (Wildman–Crippen LogP) is 3.14. The molecule has 3 heterocycles. The molecule has 2 fully saturated rings. The van der Waals surface area contributed by atoms with Gasteiger partial charge in [-0.1, -0.05) is 12.1 Å². The maximum Gasteiger partial charge on any atom is 0.193 e. The van der Waals surface area contributed by atoms with Crippen molar-refractivity contribution in [1.82, 2.24) is 15.1 Å². The molecule has 2 N–H and O–H groups in total. The van der Waals surface area contributed by atoms with E-state index in [1.807, 2.05) is 31.3 Å². The fourth-order valence-electron chi connectivity index (χ4n) is 4.35. The van der Waals surface area contributed by atoms with Crippen LogP contribution in [0.3, 0.4) is 0 Å². The van der Waals surface area contributed by atoms with E-state index in [0.717, 1.165) is 63.2 Å². The second kappa shape index (κ2) is 10.9. The van der Waals surface area contributed by atoms with Gasteiger partial charge in [0, 0.05) is 39.8 Å². The average Bonchev–Trinajstić information content (AvgIpc) is 3.47. The molecule has 2 aliphatic heterocycles. The summed E-state index contributed by atoms with van der Waals surface area (Å²) in [5.41, 5.74) is 0.905. The quantitative estimate of drug-likeness (QED) is 0.356. The lowest BCUT2D eigenvalue weighted by Gasteiger charge is -2.38. The van der Waals surface area contributed by atoms with Gasteiger partial charge in [-0.05, 0) is 50.2 Å². The average molecular weight is 525 g/mol. The molecule has 0 bridgehead atoms. The second-order valence-corrected chi connectivity index (χ2v) is 7.67. The smallest absolute Gasteiger partial charge is 0.193 e. The van der Waals surface area contributed by atoms with Crippen molar-refractivity contribution in [1.29, 1.82) is 0 Å². The first-order valence-electron chi connectivity index (χ1n) is 10.5. The number of phenols is 1. The molecule has 0 radical (unpaired) electrons. The first kappa shape index (κ1) is 22.7. The van der Waals surface area contributed by atoms with Crippen LogP contribution in [0.2, 0.25) is 0 Å². The molecule has 2 aromatic rings. The number of guanidine groups is 1. The third-order valence-corrected chi connectivity index (χ3v) is 5.92. The standard InChI is InChI=1S/C22H31N5O2.HI/c1-23-22(24-17-19(21-9-6-16-29-21)25-10-4-5-11-25)27-14-12-26(13-15-27)18-7-2-3-8-20(18)28;/h2-3,6-9,16,19,28H,4-5,10-15,17H2,1H3,(H,23,24);1H. The number of nitrogens with one attached hydrogen (secondary N) is 1. The van der Waals surface area contributed by atoms with Crippen molar-refractivity contribution in [2.75, 3.05) is 57.8 Å². The molecule has 1 aromatic heterocycles. The van der Waals surface area contributed by atoms with Crippen LogP contribution in [0.25, 0.3) is 0 Å². The molecule has 0 spiro atoms. The van der Waals surface area contributed by atoms with Crippen LogP contribution in [0.4, 0.5) is 5.69 Å². The van der Waals surface area contributed by atoms with Crippen LogP contribution in [0.5, 0.6) is 5.75 Å². The van der Waals surface area contributed by atoms with E-state index in [-0.39, 0.29) is 30.0 Å². The monoisotopic (exact) mass is 525 g/mol. The number of para-hydroxylation sites is 2. The Bertz CT molecular complexity index is 800. The number of rotatable bonds is 5. The number of likely N-dealkylation sites (tertiary alicyclic amines) is 1. The number of hydrogen-bond acceptors (Lipinski definition) is 5. The van der Waals surface area contributed by atoms with Gasteiger partial charge in [-0.15, -0.1) is 24.0 Å². The van der Waals surface area contributed by atoms with Gasteiger partial charge in [-0.3, -0.25) is 9.89 Å². The molecule has 1 atom stereocenters. The normalized spacial score (nSPS) is 18.9. The lowest BCUT2D eigenvalue weighted by molar-refractivity contribution is 0.213. The first-order chi connectivity index (χ1) is 14.3. The zero-order chi connectivity index (χ0) is 20.1. The largest absolute Gasteiger partial charge is 0.506 e. The summed E-state index contributed by atoms with van der Waals surface area (Å²) in [5.74, 6) is 2.28. The van der Waals surface area contributed by atoms with E-state index < -0.39 is 0 Å². The molecule has 2 aliphatic rings.